The van der Waals surface area contributed by atoms with Crippen LogP contribution in [0.15, 0.2) is 48.5 Å². The van der Waals surface area contributed by atoms with Crippen molar-refractivity contribution < 1.29 is 14.3 Å². The molecule has 0 aliphatic carbocycles. The highest BCUT2D eigenvalue weighted by molar-refractivity contribution is 7.80. The van der Waals surface area contributed by atoms with Crippen LogP contribution in [0, 0.1) is 0 Å². The average molecular weight is 363 g/mol. The summed E-state index contributed by atoms with van der Waals surface area (Å²) in [5.74, 6) is -0.751. The molecular weight excluding hydrogens is 348 g/mol. The molecule has 0 saturated carbocycles. The van der Waals surface area contributed by atoms with Crippen molar-refractivity contribution in [1.29, 1.82) is 0 Å². The molecule has 5 nitrogen and oxygen atoms in total. The van der Waals surface area contributed by atoms with E-state index in [1.165, 1.54) is 0 Å². The minimum atomic E-state index is -0.388. The summed E-state index contributed by atoms with van der Waals surface area (Å²) in [7, 11) is 0. The fraction of sp³-hybridized carbons (Fsp3) is 0.118. The number of carbonyl (C=O) groups is 2. The predicted molar refractivity (Wildman–Crippen MR) is 97.5 cm³/mol. The van der Waals surface area contributed by atoms with Crippen molar-refractivity contribution in [1.82, 2.24) is 5.32 Å². The molecule has 24 heavy (non-hydrogen) atoms. The van der Waals surface area contributed by atoms with Gasteiger partial charge < -0.3 is 10.1 Å². The maximum Gasteiger partial charge on any atom is 0.338 e. The topological polar surface area (TPSA) is 67.4 Å². The molecule has 0 spiro atoms. The normalized spacial score (nSPS) is 9.92. The number of halogens is 1. The number of nitrogens with one attached hydrogen (secondary N) is 2. The molecule has 7 heteroatoms. The average Bonchev–Trinajstić information content (AvgIpc) is 2.55. The van der Waals surface area contributed by atoms with Gasteiger partial charge in [0.1, 0.15) is 0 Å². The minimum absolute atomic E-state index is 0.142. The number of anilines is 1. The molecule has 2 rings (SSSR count). The monoisotopic (exact) mass is 362 g/mol. The summed E-state index contributed by atoms with van der Waals surface area (Å²) < 4.78 is 4.91. The van der Waals surface area contributed by atoms with Gasteiger partial charge in [0.15, 0.2) is 5.11 Å². The quantitative estimate of drug-likeness (QED) is 0.642. The summed E-state index contributed by atoms with van der Waals surface area (Å²) in [5, 5.41) is 6.04. The highest BCUT2D eigenvalue weighted by Crippen LogP contribution is 2.12. The number of carbonyl (C=O) groups excluding carboxylic acids is 2. The van der Waals surface area contributed by atoms with Gasteiger partial charge >= 0.3 is 5.97 Å². The van der Waals surface area contributed by atoms with Gasteiger partial charge in [-0.25, -0.2) is 4.79 Å². The second kappa shape index (κ2) is 8.42. The first kappa shape index (κ1) is 17.9. The van der Waals surface area contributed by atoms with E-state index in [0.29, 0.717) is 28.4 Å². The first-order chi connectivity index (χ1) is 11.5. The van der Waals surface area contributed by atoms with Crippen LogP contribution in [0.1, 0.15) is 27.6 Å². The third-order valence-corrected chi connectivity index (χ3v) is 3.41. The summed E-state index contributed by atoms with van der Waals surface area (Å²) in [6.07, 6.45) is 0. The third kappa shape index (κ3) is 5.04. The van der Waals surface area contributed by atoms with E-state index in [0.717, 1.165) is 0 Å². The van der Waals surface area contributed by atoms with Gasteiger partial charge in [0, 0.05) is 16.3 Å². The predicted octanol–water partition coefficient (Wildman–Crippen LogP) is 3.64. The van der Waals surface area contributed by atoms with Crippen LogP contribution in [0.2, 0.25) is 5.02 Å². The molecule has 2 aromatic rings. The van der Waals surface area contributed by atoms with Crippen molar-refractivity contribution in [3.63, 3.8) is 0 Å². The van der Waals surface area contributed by atoms with Gasteiger partial charge in [-0.1, -0.05) is 17.7 Å². The molecule has 0 bridgehead atoms. The molecular formula is C17H15ClN2O3S. The van der Waals surface area contributed by atoms with E-state index in [-0.39, 0.29) is 17.0 Å². The van der Waals surface area contributed by atoms with Crippen LogP contribution in [0.5, 0.6) is 0 Å². The molecule has 1 amide bonds. The smallest absolute Gasteiger partial charge is 0.338 e. The zero-order valence-corrected chi connectivity index (χ0v) is 14.4. The Kier molecular flexibility index (Phi) is 6.28. The van der Waals surface area contributed by atoms with E-state index in [9.17, 15) is 9.59 Å². The Morgan fingerprint density at radius 3 is 2.46 bits per heavy atom. The maximum atomic E-state index is 12.1. The van der Waals surface area contributed by atoms with Crippen molar-refractivity contribution in [2.24, 2.45) is 0 Å². The van der Waals surface area contributed by atoms with Crippen molar-refractivity contribution >= 4 is 46.5 Å². The molecule has 0 saturated heterocycles. The van der Waals surface area contributed by atoms with Gasteiger partial charge in [-0.05, 0) is 61.6 Å². The first-order valence-electron chi connectivity index (χ1n) is 7.14. The number of thiocarbonyl (C=S) groups is 1. The van der Waals surface area contributed by atoms with E-state index in [2.05, 4.69) is 10.6 Å². The van der Waals surface area contributed by atoms with Crippen molar-refractivity contribution in [2.75, 3.05) is 11.9 Å². The maximum absolute atomic E-state index is 12.1. The first-order valence-corrected chi connectivity index (χ1v) is 7.93. The molecule has 124 valence electrons. The summed E-state index contributed by atoms with van der Waals surface area (Å²) in [6.45, 7) is 2.06. The van der Waals surface area contributed by atoms with Gasteiger partial charge in [0.05, 0.1) is 12.2 Å². The number of ether oxygens (including phenoxy) is 1. The molecule has 0 atom stereocenters. The van der Waals surface area contributed by atoms with Crippen molar-refractivity contribution in [3.05, 3.63) is 64.7 Å². The van der Waals surface area contributed by atoms with Crippen LogP contribution in [0.3, 0.4) is 0 Å². The van der Waals surface area contributed by atoms with Crippen LogP contribution in [0.25, 0.3) is 0 Å². The fourth-order valence-electron chi connectivity index (χ4n) is 1.87. The SMILES string of the molecule is CCOC(=O)c1ccc(NC(=S)NC(=O)c2cccc(Cl)c2)cc1. The Morgan fingerprint density at radius 1 is 1.12 bits per heavy atom. The molecule has 0 aliphatic rings. The number of benzene rings is 2. The zero-order chi connectivity index (χ0) is 17.5. The molecule has 0 unspecified atom stereocenters. The Balaban J connectivity index is 1.94. The Bertz CT molecular complexity index is 763. The summed E-state index contributed by atoms with van der Waals surface area (Å²) >= 11 is 11.0. The van der Waals surface area contributed by atoms with Crippen LogP contribution >= 0.6 is 23.8 Å². The Hall–Kier alpha value is -2.44. The lowest BCUT2D eigenvalue weighted by Gasteiger charge is -2.10. The number of rotatable bonds is 4. The van der Waals surface area contributed by atoms with Gasteiger partial charge in [-0.15, -0.1) is 0 Å². The summed E-state index contributed by atoms with van der Waals surface area (Å²) in [6, 6.07) is 13.1. The zero-order valence-electron chi connectivity index (χ0n) is 12.8. The highest BCUT2D eigenvalue weighted by atomic mass is 35.5. The molecule has 0 aromatic heterocycles. The standard InChI is InChI=1S/C17H15ClN2O3S/c1-2-23-16(22)11-6-8-14(9-7-11)19-17(24)20-15(21)12-4-3-5-13(18)10-12/h3-10H,2H2,1H3,(H2,19,20,21,24). The van der Waals surface area contributed by atoms with Crippen LogP contribution in [-0.4, -0.2) is 23.6 Å². The van der Waals surface area contributed by atoms with E-state index in [1.54, 1.807) is 55.5 Å². The Labute approximate surface area is 150 Å². The molecule has 0 heterocycles. The third-order valence-electron chi connectivity index (χ3n) is 2.97. The molecule has 2 N–H and O–H groups in total. The van der Waals surface area contributed by atoms with E-state index in [4.69, 9.17) is 28.6 Å². The second-order valence-electron chi connectivity index (χ2n) is 4.72. The minimum Gasteiger partial charge on any atom is -0.462 e. The van der Waals surface area contributed by atoms with Gasteiger partial charge in [-0.2, -0.15) is 0 Å². The number of hydrogen-bond acceptors (Lipinski definition) is 4. The molecule has 0 radical (unpaired) electrons. The lowest BCUT2D eigenvalue weighted by Crippen LogP contribution is -2.34. The van der Waals surface area contributed by atoms with Gasteiger partial charge in [0.2, 0.25) is 0 Å². The van der Waals surface area contributed by atoms with Crippen molar-refractivity contribution in [2.45, 2.75) is 6.92 Å². The van der Waals surface area contributed by atoms with Gasteiger partial charge in [0.25, 0.3) is 5.91 Å². The Morgan fingerprint density at radius 2 is 1.83 bits per heavy atom. The summed E-state index contributed by atoms with van der Waals surface area (Å²) in [4.78, 5) is 23.6. The van der Waals surface area contributed by atoms with Crippen LogP contribution in [-0.2, 0) is 4.74 Å². The highest BCUT2D eigenvalue weighted by Gasteiger charge is 2.09. The lowest BCUT2D eigenvalue weighted by atomic mass is 10.2. The van der Waals surface area contributed by atoms with E-state index < -0.39 is 0 Å². The molecule has 0 aliphatic heterocycles. The van der Waals surface area contributed by atoms with Crippen LogP contribution in [0.4, 0.5) is 5.69 Å². The fourth-order valence-corrected chi connectivity index (χ4v) is 2.27. The van der Waals surface area contributed by atoms with E-state index >= 15 is 0 Å². The number of hydrogen-bond donors (Lipinski definition) is 2. The molecule has 2 aromatic carbocycles. The summed E-state index contributed by atoms with van der Waals surface area (Å²) in [5.41, 5.74) is 1.49. The number of amides is 1. The largest absolute Gasteiger partial charge is 0.462 e. The number of esters is 1. The van der Waals surface area contributed by atoms with E-state index in [1.807, 2.05) is 0 Å². The van der Waals surface area contributed by atoms with Gasteiger partial charge in [-0.3, -0.25) is 10.1 Å². The molecule has 0 fully saturated rings. The lowest BCUT2D eigenvalue weighted by molar-refractivity contribution is 0.0526. The van der Waals surface area contributed by atoms with Crippen LogP contribution < -0.4 is 10.6 Å². The second-order valence-corrected chi connectivity index (χ2v) is 5.56. The van der Waals surface area contributed by atoms with Crippen molar-refractivity contribution in [3.8, 4) is 0 Å².